The maximum atomic E-state index is 13.3. The van der Waals surface area contributed by atoms with Gasteiger partial charge in [-0.25, -0.2) is 4.68 Å². The summed E-state index contributed by atoms with van der Waals surface area (Å²) < 4.78 is 14.3. The Balaban J connectivity index is 1.53. The number of aliphatic hydroxyl groups excluding tert-OH is 1. The minimum atomic E-state index is -0.292. The van der Waals surface area contributed by atoms with Gasteiger partial charge in [-0.1, -0.05) is 45.2 Å². The Labute approximate surface area is 274 Å². The number of aromatic nitrogens is 2. The van der Waals surface area contributed by atoms with Crippen LogP contribution in [0.5, 0.6) is 5.75 Å². The molecule has 11 heteroatoms. The van der Waals surface area contributed by atoms with Crippen LogP contribution in [0.3, 0.4) is 0 Å². The fraction of sp³-hybridized carbons (Fsp3) is 0.370. The summed E-state index contributed by atoms with van der Waals surface area (Å²) in [5, 5.41) is 18.0. The molecule has 7 nitrogen and oxygen atoms in total. The maximum Gasteiger partial charge on any atom is 0.259 e. The molecule has 38 heavy (non-hydrogen) atoms. The first-order valence-corrected chi connectivity index (χ1v) is 18.3. The maximum absolute atomic E-state index is 13.3. The number of rotatable bonds is 8. The number of nitrogens with one attached hydrogen (secondary N) is 1. The summed E-state index contributed by atoms with van der Waals surface area (Å²) >= 11 is 6.46. The third-order valence-electron chi connectivity index (χ3n) is 6.60. The number of anilines is 1. The minimum absolute atomic E-state index is 0.0595. The number of aryl methyl sites for hydroxylation is 1. The van der Waals surface area contributed by atoms with E-state index in [9.17, 15) is 9.90 Å². The van der Waals surface area contributed by atoms with Crippen molar-refractivity contribution in [3.8, 4) is 11.4 Å². The van der Waals surface area contributed by atoms with E-state index in [2.05, 4.69) is 120 Å². The molecule has 204 valence electrons. The highest BCUT2D eigenvalue weighted by molar-refractivity contribution is 14.2. The monoisotopic (exact) mass is 966 g/mol. The van der Waals surface area contributed by atoms with Crippen LogP contribution in [0.2, 0.25) is 0 Å². The molecule has 1 amide bonds. The first-order chi connectivity index (χ1) is 18.0. The zero-order valence-corrected chi connectivity index (χ0v) is 29.9. The van der Waals surface area contributed by atoms with Crippen LogP contribution in [-0.4, -0.2) is 51.5 Å². The number of benzene rings is 2. The molecule has 1 unspecified atom stereocenters. The van der Waals surface area contributed by atoms with Crippen molar-refractivity contribution in [2.24, 2.45) is 11.8 Å². The molecule has 1 aliphatic heterocycles. The van der Waals surface area contributed by atoms with Crippen molar-refractivity contribution in [2.75, 3.05) is 18.4 Å². The number of aliphatic hydroxyl groups is 1. The van der Waals surface area contributed by atoms with Gasteiger partial charge < -0.3 is 15.2 Å². The topological polar surface area (TPSA) is 79.6 Å². The fourth-order valence-electron chi connectivity index (χ4n) is 4.77. The van der Waals surface area contributed by atoms with Crippen molar-refractivity contribution >= 4 is 105 Å². The van der Waals surface area contributed by atoms with Gasteiger partial charge in [0.05, 0.1) is 23.0 Å². The fourth-order valence-corrected chi connectivity index (χ4v) is 7.66. The number of hydrogen-bond donors (Lipinski definition) is 2. The molecule has 1 fully saturated rings. The second-order valence-corrected chi connectivity index (χ2v) is 17.5. The molecule has 0 spiro atoms. The van der Waals surface area contributed by atoms with E-state index in [1.807, 2.05) is 25.1 Å². The lowest BCUT2D eigenvalue weighted by Crippen LogP contribution is -2.46. The summed E-state index contributed by atoms with van der Waals surface area (Å²) in [5.41, 5.74) is 3.85. The van der Waals surface area contributed by atoms with Gasteiger partial charge in [-0.2, -0.15) is 5.10 Å². The second-order valence-electron chi connectivity index (χ2n) is 9.63. The second kappa shape index (κ2) is 13.5. The van der Waals surface area contributed by atoms with Crippen molar-refractivity contribution in [2.45, 2.75) is 35.5 Å². The summed E-state index contributed by atoms with van der Waals surface area (Å²) in [6.07, 6.45) is 1.52. The Kier molecular flexibility index (Phi) is 10.9. The number of piperidine rings is 1. The number of halogens is 4. The van der Waals surface area contributed by atoms with Gasteiger partial charge in [-0.15, -0.1) is 0 Å². The van der Waals surface area contributed by atoms with E-state index in [0.29, 0.717) is 16.9 Å². The van der Waals surface area contributed by atoms with E-state index in [4.69, 9.17) is 4.74 Å². The van der Waals surface area contributed by atoms with Gasteiger partial charge in [0.15, 0.2) is 2.12 Å². The highest BCUT2D eigenvalue weighted by atomic mass is 127. The van der Waals surface area contributed by atoms with Crippen molar-refractivity contribution in [3.63, 3.8) is 0 Å². The van der Waals surface area contributed by atoms with E-state index in [0.717, 1.165) is 40.2 Å². The number of nitrogens with zero attached hydrogens (tertiary/aromatic N) is 3. The molecule has 2 aromatic carbocycles. The third-order valence-corrected chi connectivity index (χ3v) is 9.24. The van der Waals surface area contributed by atoms with Crippen molar-refractivity contribution < 1.29 is 14.6 Å². The lowest BCUT2D eigenvalue weighted by molar-refractivity contribution is -0.0109. The first-order valence-electron chi connectivity index (χ1n) is 12.1. The Morgan fingerprint density at radius 3 is 2.61 bits per heavy atom. The Morgan fingerprint density at radius 1 is 1.24 bits per heavy atom. The third kappa shape index (κ3) is 7.67. The van der Waals surface area contributed by atoms with Crippen LogP contribution in [-0.2, 0) is 6.54 Å². The predicted molar refractivity (Wildman–Crippen MR) is 187 cm³/mol. The van der Waals surface area contributed by atoms with Gasteiger partial charge in [0.1, 0.15) is 5.75 Å². The first kappa shape index (κ1) is 30.6. The molecule has 3 aromatic rings. The number of ether oxygens (including phenoxy) is 1. The van der Waals surface area contributed by atoms with Crippen molar-refractivity contribution in [1.29, 1.82) is 0 Å². The molecule has 2 N–H and O–H groups in total. The molecule has 0 radical (unpaired) electrons. The van der Waals surface area contributed by atoms with Gasteiger partial charge in [0.2, 0.25) is 0 Å². The van der Waals surface area contributed by atoms with E-state index in [-0.39, 0.29) is 46.7 Å². The highest BCUT2D eigenvalue weighted by Gasteiger charge is 2.30. The van der Waals surface area contributed by atoms with Crippen molar-refractivity contribution in [3.05, 3.63) is 66.6 Å². The zero-order valence-electron chi connectivity index (χ0n) is 21.3. The molecule has 1 aromatic heterocycles. The SMILES string of the molecule is C=Ic1cc(I)cc(-n2cc(C(=O)Nc3ccc(CN4C[C@@H](C)C(O)[C@@H](C)C4)c(OC(I)I)c3)c(C)n2)c1. The van der Waals surface area contributed by atoms with Crippen molar-refractivity contribution in [1.82, 2.24) is 14.7 Å². The van der Waals surface area contributed by atoms with Crippen LogP contribution >= 0.6 is 88.5 Å². The number of alkyl halides is 2. The van der Waals surface area contributed by atoms with E-state index < -0.39 is 0 Å². The molecule has 4 rings (SSSR count). The summed E-state index contributed by atoms with van der Waals surface area (Å²) in [4.78, 5) is 15.6. The summed E-state index contributed by atoms with van der Waals surface area (Å²) in [6.45, 7) is 8.44. The number of carbonyl (C=O) groups excluding carboxylic acids is 1. The normalized spacial score (nSPS) is 20.1. The number of amides is 1. The average Bonchev–Trinajstić information content (AvgIpc) is 3.25. The quantitative estimate of drug-likeness (QED) is 0.197. The lowest BCUT2D eigenvalue weighted by Gasteiger charge is -2.39. The highest BCUT2D eigenvalue weighted by Crippen LogP contribution is 2.31. The molecular formula is C27H30I4N4O3. The standard InChI is InChI=1S/C27H30I4N4O3/c1-15-11-34(12-16(2)25(15)36)13-18-5-6-21(10-24(18)38-27(29)30)32-26(37)23-14-35(33-17(23)3)22-8-19(28)7-20(9-22)31-4/h5-10,14-16,25,27,36H,4,11-13H2,1-3H3,(H,32,37)/t15-,16+,25?. The van der Waals surface area contributed by atoms with Crippen LogP contribution < -0.4 is 10.1 Å². The largest absolute Gasteiger partial charge is 0.470 e. The molecule has 1 saturated heterocycles. The summed E-state index contributed by atoms with van der Waals surface area (Å²) in [5.74, 6) is 0.979. The van der Waals surface area contributed by atoms with Gasteiger partial charge in [0.25, 0.3) is 5.91 Å². The molecule has 0 bridgehead atoms. The van der Waals surface area contributed by atoms with Gasteiger partial charge in [-0.3, -0.25) is 9.69 Å². The number of hydrogen-bond acceptors (Lipinski definition) is 5. The Morgan fingerprint density at radius 2 is 1.95 bits per heavy atom. The van der Waals surface area contributed by atoms with Crippen LogP contribution in [0.25, 0.3) is 5.69 Å². The zero-order chi connectivity index (χ0) is 27.6. The molecule has 2 heterocycles. The van der Waals surface area contributed by atoms with Gasteiger partial charge >= 0.3 is 0 Å². The summed E-state index contributed by atoms with van der Waals surface area (Å²) in [6, 6.07) is 12.1. The molecule has 3 atom stereocenters. The Hall–Kier alpha value is -0.370. The van der Waals surface area contributed by atoms with Crippen LogP contribution in [0, 0.1) is 25.9 Å². The smallest absolute Gasteiger partial charge is 0.259 e. The predicted octanol–water partition coefficient (Wildman–Crippen LogP) is 6.59. The molecule has 1 aliphatic rings. The minimum Gasteiger partial charge on any atom is -0.470 e. The molecule has 0 aliphatic carbocycles. The average molecular weight is 966 g/mol. The lowest BCUT2D eigenvalue weighted by atomic mass is 9.88. The molecule has 0 saturated carbocycles. The van der Waals surface area contributed by atoms with Gasteiger partial charge in [0, 0.05) is 50.3 Å². The van der Waals surface area contributed by atoms with Crippen LogP contribution in [0.1, 0.15) is 35.5 Å². The Bertz CT molecular complexity index is 1320. The van der Waals surface area contributed by atoms with E-state index in [1.54, 1.807) is 10.9 Å². The van der Waals surface area contributed by atoms with Gasteiger partial charge in [-0.05, 0) is 111 Å². The number of carbonyl (C=O) groups is 1. The van der Waals surface area contributed by atoms with Crippen LogP contribution in [0.15, 0.2) is 42.6 Å². The van der Waals surface area contributed by atoms with E-state index >= 15 is 0 Å². The van der Waals surface area contributed by atoms with E-state index in [1.165, 1.54) is 3.57 Å². The summed E-state index contributed by atoms with van der Waals surface area (Å²) in [7, 11) is 0. The number of likely N-dealkylation sites (tertiary alicyclic amines) is 1. The molecular weight excluding hydrogens is 936 g/mol. The van der Waals surface area contributed by atoms with Crippen LogP contribution in [0.4, 0.5) is 5.69 Å².